The van der Waals surface area contributed by atoms with Gasteiger partial charge >= 0.3 is 5.88 Å². The molecule has 7 heteroatoms. The van der Waals surface area contributed by atoms with Crippen LogP contribution in [-0.4, -0.2) is 12.0 Å². The highest BCUT2D eigenvalue weighted by atomic mass is 19.1. The molecule has 0 bridgehead atoms. The predicted octanol–water partition coefficient (Wildman–Crippen LogP) is 2.38. The summed E-state index contributed by atoms with van der Waals surface area (Å²) >= 11 is 0. The maximum absolute atomic E-state index is 13.5. The Bertz CT molecular complexity index is 612. The fourth-order valence-corrected chi connectivity index (χ4v) is 1.65. The molecule has 0 aliphatic heterocycles. The SMILES string of the molecule is COc1ccc(C(N)c2ccc([N+](=O)[O-])o2)cc1F. The van der Waals surface area contributed by atoms with E-state index in [2.05, 4.69) is 0 Å². The van der Waals surface area contributed by atoms with Crippen molar-refractivity contribution in [2.24, 2.45) is 5.73 Å². The zero-order chi connectivity index (χ0) is 14.0. The summed E-state index contributed by atoms with van der Waals surface area (Å²) < 4.78 is 23.3. The summed E-state index contributed by atoms with van der Waals surface area (Å²) in [6, 6.07) is 6.02. The first-order chi connectivity index (χ1) is 9.02. The molecule has 6 nitrogen and oxygen atoms in total. The molecule has 19 heavy (non-hydrogen) atoms. The summed E-state index contributed by atoms with van der Waals surface area (Å²) in [7, 11) is 1.36. The van der Waals surface area contributed by atoms with E-state index in [-0.39, 0.29) is 11.5 Å². The van der Waals surface area contributed by atoms with Crippen molar-refractivity contribution in [3.8, 4) is 5.75 Å². The molecule has 1 heterocycles. The first-order valence-corrected chi connectivity index (χ1v) is 5.36. The molecule has 0 saturated heterocycles. The van der Waals surface area contributed by atoms with Crippen LogP contribution in [0.4, 0.5) is 10.3 Å². The Hall–Kier alpha value is -2.41. The first-order valence-electron chi connectivity index (χ1n) is 5.36. The number of hydrogen-bond acceptors (Lipinski definition) is 5. The van der Waals surface area contributed by atoms with Gasteiger partial charge in [-0.15, -0.1) is 0 Å². The number of ether oxygens (including phenoxy) is 1. The summed E-state index contributed by atoms with van der Waals surface area (Å²) in [4.78, 5) is 9.84. The van der Waals surface area contributed by atoms with Gasteiger partial charge in [-0.1, -0.05) is 6.07 Å². The highest BCUT2D eigenvalue weighted by Crippen LogP contribution is 2.27. The molecule has 1 aromatic carbocycles. The van der Waals surface area contributed by atoms with Crippen LogP contribution in [0.5, 0.6) is 5.75 Å². The summed E-state index contributed by atoms with van der Waals surface area (Å²) in [5.74, 6) is -0.673. The van der Waals surface area contributed by atoms with Crippen molar-refractivity contribution in [1.29, 1.82) is 0 Å². The number of nitrogens with two attached hydrogens (primary N) is 1. The number of rotatable bonds is 4. The minimum Gasteiger partial charge on any atom is -0.494 e. The number of hydrogen-bond donors (Lipinski definition) is 1. The fraction of sp³-hybridized carbons (Fsp3) is 0.167. The summed E-state index contributed by atoms with van der Waals surface area (Å²) in [5, 5.41) is 10.5. The molecule has 1 unspecified atom stereocenters. The Morgan fingerprint density at radius 3 is 2.68 bits per heavy atom. The van der Waals surface area contributed by atoms with Gasteiger partial charge in [0.15, 0.2) is 11.6 Å². The van der Waals surface area contributed by atoms with Crippen molar-refractivity contribution in [1.82, 2.24) is 0 Å². The number of nitrogens with zero attached hydrogens (tertiary/aromatic N) is 1. The van der Waals surface area contributed by atoms with E-state index in [0.29, 0.717) is 5.56 Å². The van der Waals surface area contributed by atoms with Gasteiger partial charge in [-0.25, -0.2) is 4.39 Å². The van der Waals surface area contributed by atoms with E-state index in [0.717, 1.165) is 0 Å². The number of methoxy groups -OCH3 is 1. The smallest absolute Gasteiger partial charge is 0.433 e. The second-order valence-electron chi connectivity index (χ2n) is 3.80. The van der Waals surface area contributed by atoms with Gasteiger partial charge in [0, 0.05) is 0 Å². The van der Waals surface area contributed by atoms with Gasteiger partial charge in [0.25, 0.3) is 0 Å². The monoisotopic (exact) mass is 266 g/mol. The summed E-state index contributed by atoms with van der Waals surface area (Å²) in [5.41, 5.74) is 6.30. The number of nitro groups is 1. The first kappa shape index (κ1) is 13.0. The molecule has 2 rings (SSSR count). The fourth-order valence-electron chi connectivity index (χ4n) is 1.65. The van der Waals surface area contributed by atoms with E-state index in [9.17, 15) is 14.5 Å². The molecule has 0 fully saturated rings. The molecule has 1 atom stereocenters. The van der Waals surface area contributed by atoms with Crippen LogP contribution in [0, 0.1) is 15.9 Å². The molecular weight excluding hydrogens is 255 g/mol. The second kappa shape index (κ2) is 5.07. The average Bonchev–Trinajstić information content (AvgIpc) is 2.87. The maximum atomic E-state index is 13.5. The molecule has 0 saturated carbocycles. The van der Waals surface area contributed by atoms with Crippen molar-refractivity contribution in [2.45, 2.75) is 6.04 Å². The average molecular weight is 266 g/mol. The van der Waals surface area contributed by atoms with Gasteiger partial charge in [0.2, 0.25) is 0 Å². The Labute approximate surface area is 107 Å². The van der Waals surface area contributed by atoms with E-state index in [1.54, 1.807) is 6.07 Å². The Morgan fingerprint density at radius 2 is 2.16 bits per heavy atom. The van der Waals surface area contributed by atoms with E-state index >= 15 is 0 Å². The van der Waals surface area contributed by atoms with Gasteiger partial charge < -0.3 is 14.9 Å². The number of halogens is 1. The third kappa shape index (κ3) is 2.55. The molecule has 0 amide bonds. The van der Waals surface area contributed by atoms with Crippen LogP contribution in [-0.2, 0) is 0 Å². The molecule has 2 aromatic rings. The summed E-state index contributed by atoms with van der Waals surface area (Å²) in [6.45, 7) is 0. The quantitative estimate of drug-likeness (QED) is 0.677. The maximum Gasteiger partial charge on any atom is 0.433 e. The molecule has 0 spiro atoms. The predicted molar refractivity (Wildman–Crippen MR) is 64.3 cm³/mol. The lowest BCUT2D eigenvalue weighted by molar-refractivity contribution is -0.402. The molecule has 2 N–H and O–H groups in total. The van der Waals surface area contributed by atoms with E-state index in [1.165, 1.54) is 31.4 Å². The molecule has 1 aromatic heterocycles. The Balaban J connectivity index is 2.30. The number of furan rings is 1. The van der Waals surface area contributed by atoms with Crippen LogP contribution in [0.2, 0.25) is 0 Å². The van der Waals surface area contributed by atoms with Crippen LogP contribution >= 0.6 is 0 Å². The largest absolute Gasteiger partial charge is 0.494 e. The van der Waals surface area contributed by atoms with Crippen LogP contribution in [0.1, 0.15) is 17.4 Å². The van der Waals surface area contributed by atoms with E-state index < -0.39 is 22.7 Å². The zero-order valence-electron chi connectivity index (χ0n) is 10.00. The third-order valence-corrected chi connectivity index (χ3v) is 2.63. The Morgan fingerprint density at radius 1 is 1.42 bits per heavy atom. The van der Waals surface area contributed by atoms with Crippen molar-refractivity contribution in [3.05, 3.63) is 57.6 Å². The van der Waals surface area contributed by atoms with Crippen molar-refractivity contribution < 1.29 is 18.5 Å². The van der Waals surface area contributed by atoms with Gasteiger partial charge in [-0.2, -0.15) is 0 Å². The lowest BCUT2D eigenvalue weighted by Crippen LogP contribution is -2.11. The minimum atomic E-state index is -0.783. The van der Waals surface area contributed by atoms with Gasteiger partial charge in [0.1, 0.15) is 10.7 Å². The van der Waals surface area contributed by atoms with Crippen LogP contribution in [0.3, 0.4) is 0 Å². The van der Waals surface area contributed by atoms with Crippen LogP contribution in [0.25, 0.3) is 0 Å². The number of benzene rings is 1. The molecular formula is C12H11FN2O4. The van der Waals surface area contributed by atoms with Crippen LogP contribution in [0.15, 0.2) is 34.7 Å². The second-order valence-corrected chi connectivity index (χ2v) is 3.80. The Kier molecular flexibility index (Phi) is 3.48. The minimum absolute atomic E-state index is 0.0985. The standard InChI is InChI=1S/C12H11FN2O4/c1-18-9-3-2-7(6-8(9)13)12(14)10-4-5-11(19-10)15(16)17/h2-6,12H,14H2,1H3. The van der Waals surface area contributed by atoms with Gasteiger partial charge in [0.05, 0.1) is 19.2 Å². The lowest BCUT2D eigenvalue weighted by atomic mass is 10.1. The molecule has 0 radical (unpaired) electrons. The molecule has 0 aliphatic carbocycles. The third-order valence-electron chi connectivity index (χ3n) is 2.63. The summed E-state index contributed by atoms with van der Waals surface area (Å²) in [6.07, 6.45) is 0. The van der Waals surface area contributed by atoms with Crippen molar-refractivity contribution in [2.75, 3.05) is 7.11 Å². The lowest BCUT2D eigenvalue weighted by Gasteiger charge is -2.10. The van der Waals surface area contributed by atoms with Crippen molar-refractivity contribution >= 4 is 5.88 Å². The topological polar surface area (TPSA) is 91.5 Å². The van der Waals surface area contributed by atoms with Gasteiger partial charge in [-0.3, -0.25) is 10.1 Å². The van der Waals surface area contributed by atoms with E-state index in [4.69, 9.17) is 14.9 Å². The van der Waals surface area contributed by atoms with Gasteiger partial charge in [-0.05, 0) is 23.8 Å². The highest BCUT2D eigenvalue weighted by molar-refractivity contribution is 5.34. The van der Waals surface area contributed by atoms with Crippen molar-refractivity contribution in [3.63, 3.8) is 0 Å². The molecule has 100 valence electrons. The zero-order valence-corrected chi connectivity index (χ0v) is 10.00. The van der Waals surface area contributed by atoms with Crippen LogP contribution < -0.4 is 10.5 Å². The normalized spacial score (nSPS) is 12.2. The molecule has 0 aliphatic rings. The van der Waals surface area contributed by atoms with E-state index in [1.807, 2.05) is 0 Å². The highest BCUT2D eigenvalue weighted by Gasteiger charge is 2.19.